The van der Waals surface area contributed by atoms with Crippen molar-refractivity contribution < 1.29 is 13.9 Å². The van der Waals surface area contributed by atoms with Gasteiger partial charge >= 0.3 is 0 Å². The molecule has 0 unspecified atom stereocenters. The van der Waals surface area contributed by atoms with Crippen molar-refractivity contribution in [1.82, 2.24) is 5.32 Å². The summed E-state index contributed by atoms with van der Waals surface area (Å²) in [5, 5.41) is 3.38. The molecular weight excluding hydrogens is 293 g/mol. The number of morpholine rings is 1. The van der Waals surface area contributed by atoms with Crippen LogP contribution in [0.4, 0.5) is 4.39 Å². The Hall–Kier alpha value is -1.91. The molecule has 0 aromatic heterocycles. The first kappa shape index (κ1) is 16.0. The number of hydrogen-bond donors (Lipinski definition) is 1. The van der Waals surface area contributed by atoms with E-state index in [1.54, 1.807) is 19.2 Å². The molecule has 1 fully saturated rings. The summed E-state index contributed by atoms with van der Waals surface area (Å²) in [5.41, 5.74) is 2.07. The Morgan fingerprint density at radius 3 is 2.78 bits per heavy atom. The summed E-state index contributed by atoms with van der Waals surface area (Å²) in [4.78, 5) is 0. The molecule has 0 radical (unpaired) electrons. The van der Waals surface area contributed by atoms with Crippen molar-refractivity contribution in [3.05, 3.63) is 65.5 Å². The highest BCUT2D eigenvalue weighted by atomic mass is 19.1. The van der Waals surface area contributed by atoms with Gasteiger partial charge < -0.3 is 14.8 Å². The number of rotatable bonds is 5. The molecule has 1 N–H and O–H groups in total. The second-order valence-corrected chi connectivity index (χ2v) is 5.79. The lowest BCUT2D eigenvalue weighted by molar-refractivity contribution is 0.0109. The van der Waals surface area contributed by atoms with E-state index in [1.807, 2.05) is 18.2 Å². The lowest BCUT2D eigenvalue weighted by atomic mass is 9.86. The van der Waals surface area contributed by atoms with E-state index in [9.17, 15) is 4.39 Å². The van der Waals surface area contributed by atoms with Crippen molar-refractivity contribution in [3.8, 4) is 5.75 Å². The molecule has 1 aliphatic heterocycles. The van der Waals surface area contributed by atoms with Crippen LogP contribution in [0.15, 0.2) is 48.5 Å². The quantitative estimate of drug-likeness (QED) is 0.919. The highest BCUT2D eigenvalue weighted by Crippen LogP contribution is 2.31. The summed E-state index contributed by atoms with van der Waals surface area (Å²) >= 11 is 0. The van der Waals surface area contributed by atoms with Gasteiger partial charge in [0.15, 0.2) is 0 Å². The average molecular weight is 315 g/mol. The topological polar surface area (TPSA) is 30.5 Å². The minimum absolute atomic E-state index is 0.0686. The fraction of sp³-hybridized carbons (Fsp3) is 0.368. The van der Waals surface area contributed by atoms with Gasteiger partial charge in [0.2, 0.25) is 0 Å². The van der Waals surface area contributed by atoms with Gasteiger partial charge in [0, 0.05) is 19.0 Å². The minimum atomic E-state index is -0.240. The van der Waals surface area contributed by atoms with Crippen LogP contribution in [-0.2, 0) is 11.2 Å². The average Bonchev–Trinajstić information content (AvgIpc) is 2.61. The number of nitrogens with one attached hydrogen (secondary N) is 1. The molecule has 23 heavy (non-hydrogen) atoms. The van der Waals surface area contributed by atoms with Gasteiger partial charge in [-0.15, -0.1) is 0 Å². The summed E-state index contributed by atoms with van der Waals surface area (Å²) < 4.78 is 25.1. The molecular formula is C19H22FNO2. The van der Waals surface area contributed by atoms with Crippen LogP contribution in [0, 0.1) is 5.82 Å². The van der Waals surface area contributed by atoms with Crippen LogP contribution >= 0.6 is 0 Å². The zero-order chi connectivity index (χ0) is 16.1. The predicted molar refractivity (Wildman–Crippen MR) is 88.4 cm³/mol. The van der Waals surface area contributed by atoms with Crippen molar-refractivity contribution in [2.24, 2.45) is 0 Å². The van der Waals surface area contributed by atoms with Gasteiger partial charge in [-0.1, -0.05) is 30.3 Å². The molecule has 0 bridgehead atoms. The highest BCUT2D eigenvalue weighted by molar-refractivity contribution is 5.36. The SMILES string of the molecule is COc1ccc(F)cc1C[C@H](c1ccccc1)[C@H]1CNCCO1. The number of benzene rings is 2. The van der Waals surface area contributed by atoms with E-state index >= 15 is 0 Å². The minimum Gasteiger partial charge on any atom is -0.496 e. The van der Waals surface area contributed by atoms with Gasteiger partial charge in [-0.2, -0.15) is 0 Å². The van der Waals surface area contributed by atoms with E-state index < -0.39 is 0 Å². The van der Waals surface area contributed by atoms with Crippen molar-refractivity contribution in [2.45, 2.75) is 18.4 Å². The predicted octanol–water partition coefficient (Wildman–Crippen LogP) is 3.15. The summed E-state index contributed by atoms with van der Waals surface area (Å²) in [6, 6.07) is 14.9. The van der Waals surface area contributed by atoms with E-state index in [0.29, 0.717) is 13.0 Å². The van der Waals surface area contributed by atoms with Crippen molar-refractivity contribution in [2.75, 3.05) is 26.8 Å². The zero-order valence-corrected chi connectivity index (χ0v) is 13.3. The Balaban J connectivity index is 1.91. The van der Waals surface area contributed by atoms with Gasteiger partial charge in [0.1, 0.15) is 11.6 Å². The van der Waals surface area contributed by atoms with E-state index in [2.05, 4.69) is 17.4 Å². The second-order valence-electron chi connectivity index (χ2n) is 5.79. The molecule has 0 saturated carbocycles. The maximum Gasteiger partial charge on any atom is 0.123 e. The van der Waals surface area contributed by atoms with Crippen LogP contribution in [0.3, 0.4) is 0 Å². The maximum atomic E-state index is 13.7. The molecule has 3 rings (SSSR count). The monoisotopic (exact) mass is 315 g/mol. The number of methoxy groups -OCH3 is 1. The molecule has 2 aromatic rings. The fourth-order valence-corrected chi connectivity index (χ4v) is 3.15. The Bertz CT molecular complexity index is 627. The molecule has 2 aromatic carbocycles. The third-order valence-electron chi connectivity index (χ3n) is 4.32. The smallest absolute Gasteiger partial charge is 0.123 e. The van der Waals surface area contributed by atoms with Crippen molar-refractivity contribution >= 4 is 0 Å². The number of ether oxygens (including phenoxy) is 2. The summed E-state index contributed by atoms with van der Waals surface area (Å²) in [6.45, 7) is 2.38. The highest BCUT2D eigenvalue weighted by Gasteiger charge is 2.27. The van der Waals surface area contributed by atoms with Crippen LogP contribution in [0.5, 0.6) is 5.75 Å². The number of hydrogen-bond acceptors (Lipinski definition) is 3. The van der Waals surface area contributed by atoms with Gasteiger partial charge in [-0.3, -0.25) is 0 Å². The molecule has 1 aliphatic rings. The normalized spacial score (nSPS) is 19.3. The molecule has 3 nitrogen and oxygen atoms in total. The largest absolute Gasteiger partial charge is 0.496 e. The Kier molecular flexibility index (Phi) is 5.26. The van der Waals surface area contributed by atoms with E-state index in [-0.39, 0.29) is 17.8 Å². The lowest BCUT2D eigenvalue weighted by Crippen LogP contribution is -2.42. The van der Waals surface area contributed by atoms with Crippen LogP contribution in [0.2, 0.25) is 0 Å². The first-order valence-corrected chi connectivity index (χ1v) is 7.97. The Labute approximate surface area is 136 Å². The third kappa shape index (κ3) is 3.89. The zero-order valence-electron chi connectivity index (χ0n) is 13.3. The van der Waals surface area contributed by atoms with Crippen LogP contribution in [-0.4, -0.2) is 32.9 Å². The molecule has 0 spiro atoms. The van der Waals surface area contributed by atoms with E-state index in [1.165, 1.54) is 11.6 Å². The first-order valence-electron chi connectivity index (χ1n) is 7.97. The summed E-state index contributed by atoms with van der Waals surface area (Å²) in [7, 11) is 1.62. The summed E-state index contributed by atoms with van der Waals surface area (Å²) in [6.07, 6.45) is 0.747. The first-order chi connectivity index (χ1) is 11.3. The molecule has 0 amide bonds. The standard InChI is InChI=1S/C19H22FNO2/c1-22-18-8-7-16(20)11-15(18)12-17(14-5-3-2-4-6-14)19-13-21-9-10-23-19/h2-8,11,17,19,21H,9-10,12-13H2,1H3/t17-,19-/m1/s1. The van der Waals surface area contributed by atoms with Crippen LogP contribution < -0.4 is 10.1 Å². The Morgan fingerprint density at radius 1 is 1.26 bits per heavy atom. The van der Waals surface area contributed by atoms with Gasteiger partial charge in [0.05, 0.1) is 19.8 Å². The summed E-state index contributed by atoms with van der Waals surface area (Å²) in [5.74, 6) is 0.631. The molecule has 122 valence electrons. The van der Waals surface area contributed by atoms with Gasteiger partial charge in [-0.25, -0.2) is 4.39 Å². The molecule has 0 aliphatic carbocycles. The van der Waals surface area contributed by atoms with Crippen LogP contribution in [0.25, 0.3) is 0 Å². The van der Waals surface area contributed by atoms with Gasteiger partial charge in [-0.05, 0) is 35.7 Å². The van der Waals surface area contributed by atoms with E-state index in [4.69, 9.17) is 9.47 Å². The van der Waals surface area contributed by atoms with Gasteiger partial charge in [0.25, 0.3) is 0 Å². The molecule has 1 saturated heterocycles. The van der Waals surface area contributed by atoms with Crippen molar-refractivity contribution in [3.63, 3.8) is 0 Å². The fourth-order valence-electron chi connectivity index (χ4n) is 3.15. The Morgan fingerprint density at radius 2 is 2.09 bits per heavy atom. The third-order valence-corrected chi connectivity index (χ3v) is 4.32. The van der Waals surface area contributed by atoms with Crippen LogP contribution in [0.1, 0.15) is 17.0 Å². The molecule has 4 heteroatoms. The van der Waals surface area contributed by atoms with Crippen molar-refractivity contribution in [1.29, 1.82) is 0 Å². The lowest BCUT2D eigenvalue weighted by Gasteiger charge is -2.32. The maximum absolute atomic E-state index is 13.7. The second kappa shape index (κ2) is 7.57. The molecule has 2 atom stereocenters. The van der Waals surface area contributed by atoms with E-state index in [0.717, 1.165) is 24.4 Å². The number of halogens is 1. The molecule has 1 heterocycles.